The molecule has 0 spiro atoms. The van der Waals surface area contributed by atoms with Crippen molar-refractivity contribution in [3.63, 3.8) is 0 Å². The van der Waals surface area contributed by atoms with Gasteiger partial charge in [-0.2, -0.15) is 0 Å². The summed E-state index contributed by atoms with van der Waals surface area (Å²) in [6.07, 6.45) is 0.981. The van der Waals surface area contributed by atoms with Gasteiger partial charge in [-0.3, -0.25) is 9.59 Å². The van der Waals surface area contributed by atoms with E-state index in [1.54, 1.807) is 50.2 Å². The maximum Gasteiger partial charge on any atom is 0.255 e. The van der Waals surface area contributed by atoms with Gasteiger partial charge in [0.2, 0.25) is 0 Å². The zero-order valence-electron chi connectivity index (χ0n) is 22.1. The molecular formula is C30H30N4O4S. The van der Waals surface area contributed by atoms with Gasteiger partial charge in [0.25, 0.3) is 11.8 Å². The number of carbonyl (C=O) groups is 2. The second-order valence-corrected chi connectivity index (χ2v) is 10.2. The standard InChI is InChI=1S/C30H30N4O4S/c1-19-26(29(36)33-24-10-4-5-11-25(24)38-3)27(34-16-7-17-39-30(34)31-19)21-8-6-9-22(18-21)32-28(35)20-12-14-23(37-2)15-13-20/h4-6,8-15,18,27H,7,16-17H2,1-3H3,(H,32,35)(H,33,36). The van der Waals surface area contributed by atoms with Crippen LogP contribution in [0.3, 0.4) is 0 Å². The number of nitrogens with one attached hydrogen (secondary N) is 2. The summed E-state index contributed by atoms with van der Waals surface area (Å²) in [5.74, 6) is 1.78. The van der Waals surface area contributed by atoms with E-state index in [9.17, 15) is 9.59 Å². The fraction of sp³-hybridized carbons (Fsp3) is 0.233. The first-order valence-electron chi connectivity index (χ1n) is 12.7. The molecule has 2 aliphatic heterocycles. The molecule has 0 aromatic heterocycles. The van der Waals surface area contributed by atoms with Crippen LogP contribution in [0, 0.1) is 0 Å². The van der Waals surface area contributed by atoms with Crippen LogP contribution in [0.1, 0.15) is 35.3 Å². The largest absolute Gasteiger partial charge is 0.497 e. The summed E-state index contributed by atoms with van der Waals surface area (Å²) in [5, 5.41) is 6.93. The summed E-state index contributed by atoms with van der Waals surface area (Å²) in [6, 6.07) is 21.6. The Morgan fingerprint density at radius 1 is 0.949 bits per heavy atom. The molecular weight excluding hydrogens is 512 g/mol. The van der Waals surface area contributed by atoms with Crippen LogP contribution in [-0.4, -0.2) is 48.4 Å². The summed E-state index contributed by atoms with van der Waals surface area (Å²) in [5.41, 5.74) is 3.87. The first-order valence-corrected chi connectivity index (χ1v) is 13.7. The molecule has 2 heterocycles. The number of rotatable bonds is 7. The van der Waals surface area contributed by atoms with Gasteiger partial charge in [-0.25, -0.2) is 4.99 Å². The Labute approximate surface area is 232 Å². The fourth-order valence-corrected chi connectivity index (χ4v) is 5.80. The van der Waals surface area contributed by atoms with Crippen molar-refractivity contribution in [1.82, 2.24) is 4.90 Å². The quantitative estimate of drug-likeness (QED) is 0.397. The van der Waals surface area contributed by atoms with Gasteiger partial charge in [0.15, 0.2) is 5.17 Å². The molecule has 0 radical (unpaired) electrons. The summed E-state index contributed by atoms with van der Waals surface area (Å²) < 4.78 is 10.6. The van der Waals surface area contributed by atoms with Crippen LogP contribution in [0.25, 0.3) is 0 Å². The van der Waals surface area contributed by atoms with Crippen LogP contribution >= 0.6 is 11.8 Å². The van der Waals surface area contributed by atoms with E-state index in [0.29, 0.717) is 39.7 Å². The number of nitrogens with zero attached hydrogens (tertiary/aromatic N) is 2. The van der Waals surface area contributed by atoms with Crippen molar-refractivity contribution < 1.29 is 19.1 Å². The number of hydrogen-bond donors (Lipinski definition) is 2. The molecule has 1 saturated heterocycles. The first-order chi connectivity index (χ1) is 19.0. The maximum atomic E-state index is 13.8. The molecule has 2 amide bonds. The van der Waals surface area contributed by atoms with E-state index in [-0.39, 0.29) is 17.9 Å². The van der Waals surface area contributed by atoms with Crippen LogP contribution < -0.4 is 20.1 Å². The lowest BCUT2D eigenvalue weighted by Gasteiger charge is -2.41. The highest BCUT2D eigenvalue weighted by Crippen LogP contribution is 2.40. The van der Waals surface area contributed by atoms with Gasteiger partial charge in [0, 0.05) is 23.5 Å². The lowest BCUT2D eigenvalue weighted by atomic mass is 9.93. The normalized spacial score (nSPS) is 16.6. The number of amidine groups is 1. The first kappa shape index (κ1) is 26.4. The highest BCUT2D eigenvalue weighted by molar-refractivity contribution is 8.13. The molecule has 2 N–H and O–H groups in total. The molecule has 200 valence electrons. The van der Waals surface area contributed by atoms with Gasteiger partial charge in [-0.1, -0.05) is 36.0 Å². The van der Waals surface area contributed by atoms with Gasteiger partial charge in [-0.15, -0.1) is 0 Å². The average molecular weight is 543 g/mol. The van der Waals surface area contributed by atoms with Gasteiger partial charge < -0.3 is 25.0 Å². The average Bonchev–Trinajstić information content (AvgIpc) is 2.96. The third-order valence-corrected chi connectivity index (χ3v) is 7.75. The number of aliphatic imine (C=N–C) groups is 1. The van der Waals surface area contributed by atoms with Crippen molar-refractivity contribution in [3.8, 4) is 11.5 Å². The minimum Gasteiger partial charge on any atom is -0.497 e. The molecule has 39 heavy (non-hydrogen) atoms. The highest BCUT2D eigenvalue weighted by Gasteiger charge is 2.37. The number of anilines is 2. The van der Waals surface area contributed by atoms with Crippen molar-refractivity contribution in [1.29, 1.82) is 0 Å². The fourth-order valence-electron chi connectivity index (χ4n) is 4.78. The summed E-state index contributed by atoms with van der Waals surface area (Å²) in [4.78, 5) is 33.7. The predicted molar refractivity (Wildman–Crippen MR) is 156 cm³/mol. The topological polar surface area (TPSA) is 92.3 Å². The van der Waals surface area contributed by atoms with Crippen molar-refractivity contribution >= 4 is 40.1 Å². The Morgan fingerprint density at radius 3 is 2.51 bits per heavy atom. The third-order valence-electron chi connectivity index (χ3n) is 6.67. The van der Waals surface area contributed by atoms with E-state index in [0.717, 1.165) is 29.4 Å². The number of carbonyl (C=O) groups excluding carboxylic acids is 2. The van der Waals surface area contributed by atoms with Crippen LogP contribution in [0.2, 0.25) is 0 Å². The molecule has 5 rings (SSSR count). The highest BCUT2D eigenvalue weighted by atomic mass is 32.2. The minimum atomic E-state index is -0.363. The maximum absolute atomic E-state index is 13.8. The van der Waals surface area contributed by atoms with E-state index in [2.05, 4.69) is 15.5 Å². The predicted octanol–water partition coefficient (Wildman–Crippen LogP) is 5.72. The number of hydrogen-bond acceptors (Lipinski definition) is 7. The zero-order valence-corrected chi connectivity index (χ0v) is 22.9. The lowest BCUT2D eigenvalue weighted by Crippen LogP contribution is -2.43. The molecule has 3 aromatic rings. The Morgan fingerprint density at radius 2 is 1.74 bits per heavy atom. The van der Waals surface area contributed by atoms with Crippen LogP contribution in [0.5, 0.6) is 11.5 Å². The van der Waals surface area contributed by atoms with Crippen molar-refractivity contribution in [2.24, 2.45) is 4.99 Å². The van der Waals surface area contributed by atoms with Gasteiger partial charge >= 0.3 is 0 Å². The zero-order chi connectivity index (χ0) is 27.4. The van der Waals surface area contributed by atoms with E-state index < -0.39 is 0 Å². The Balaban J connectivity index is 1.47. The van der Waals surface area contributed by atoms with Crippen LogP contribution in [0.15, 0.2) is 89.1 Å². The number of benzene rings is 3. The molecule has 0 saturated carbocycles. The second kappa shape index (κ2) is 11.7. The molecule has 8 nitrogen and oxygen atoms in total. The monoisotopic (exact) mass is 542 g/mol. The molecule has 3 aromatic carbocycles. The van der Waals surface area contributed by atoms with Crippen LogP contribution in [-0.2, 0) is 4.79 Å². The number of thioether (sulfide) groups is 1. The lowest BCUT2D eigenvalue weighted by molar-refractivity contribution is -0.113. The van der Waals surface area contributed by atoms with Crippen molar-refractivity contribution in [3.05, 3.63) is 95.2 Å². The second-order valence-electron chi connectivity index (χ2n) is 9.15. The Kier molecular flexibility index (Phi) is 7.88. The number of ether oxygens (including phenoxy) is 2. The Bertz CT molecular complexity index is 1450. The third kappa shape index (κ3) is 5.63. The van der Waals surface area contributed by atoms with E-state index in [1.165, 1.54) is 0 Å². The molecule has 1 unspecified atom stereocenters. The van der Waals surface area contributed by atoms with Crippen molar-refractivity contribution in [2.45, 2.75) is 19.4 Å². The number of allylic oxidation sites excluding steroid dienone is 1. The molecule has 1 fully saturated rings. The van der Waals surface area contributed by atoms with Crippen molar-refractivity contribution in [2.75, 3.05) is 37.2 Å². The van der Waals surface area contributed by atoms with Gasteiger partial charge in [-0.05, 0) is 67.4 Å². The Hall–Kier alpha value is -4.24. The number of methoxy groups -OCH3 is 2. The molecule has 0 bridgehead atoms. The summed E-state index contributed by atoms with van der Waals surface area (Å²) in [6.45, 7) is 2.65. The van der Waals surface area contributed by atoms with Crippen LogP contribution in [0.4, 0.5) is 11.4 Å². The summed E-state index contributed by atoms with van der Waals surface area (Å²) >= 11 is 1.70. The molecule has 9 heteroatoms. The number of fused-ring (bicyclic) bond motifs is 1. The SMILES string of the molecule is COc1ccc(C(=O)Nc2cccc(C3C(C(=O)Nc4ccccc4OC)=C(C)N=C4SCCCN43)c2)cc1. The van der Waals surface area contributed by atoms with Gasteiger partial charge in [0.05, 0.1) is 37.2 Å². The molecule has 2 aliphatic rings. The molecule has 0 aliphatic carbocycles. The van der Waals surface area contributed by atoms with E-state index >= 15 is 0 Å². The number of para-hydroxylation sites is 2. The van der Waals surface area contributed by atoms with E-state index in [1.807, 2.05) is 55.5 Å². The smallest absolute Gasteiger partial charge is 0.255 e. The number of amides is 2. The van der Waals surface area contributed by atoms with E-state index in [4.69, 9.17) is 14.5 Å². The summed E-state index contributed by atoms with van der Waals surface area (Å²) in [7, 11) is 3.16. The minimum absolute atomic E-state index is 0.227. The van der Waals surface area contributed by atoms with Gasteiger partial charge in [0.1, 0.15) is 11.5 Å². The molecule has 1 atom stereocenters.